The fourth-order valence-corrected chi connectivity index (χ4v) is 3.38. The Morgan fingerprint density at radius 3 is 2.50 bits per heavy atom. The summed E-state index contributed by atoms with van der Waals surface area (Å²) >= 11 is 0. The topological polar surface area (TPSA) is 22.1 Å². The van der Waals surface area contributed by atoms with Gasteiger partial charge < -0.3 is 4.74 Å². The molecule has 0 radical (unpaired) electrons. The van der Waals surface area contributed by atoms with Crippen LogP contribution in [-0.4, -0.2) is 11.6 Å². The number of aryl methyl sites for hydroxylation is 3. The van der Waals surface area contributed by atoms with Gasteiger partial charge in [0.05, 0.1) is 12.1 Å². The van der Waals surface area contributed by atoms with Gasteiger partial charge in [0.25, 0.3) is 0 Å². The molecule has 26 heavy (non-hydrogen) atoms. The number of nitrogens with zero attached hydrogens (tertiary/aromatic N) is 1. The van der Waals surface area contributed by atoms with E-state index in [2.05, 4.69) is 83.1 Å². The van der Waals surface area contributed by atoms with Gasteiger partial charge in [-0.1, -0.05) is 44.2 Å². The molecule has 0 spiro atoms. The molecule has 0 aliphatic heterocycles. The summed E-state index contributed by atoms with van der Waals surface area (Å²) in [4.78, 5) is 4.93. The zero-order valence-corrected chi connectivity index (χ0v) is 16.6. The molecular formula is C24H29NO. The molecule has 0 saturated heterocycles. The molecule has 3 rings (SSSR count). The molecule has 3 aromatic rings. The van der Waals surface area contributed by atoms with Gasteiger partial charge in [0, 0.05) is 16.5 Å². The molecule has 2 heteroatoms. The van der Waals surface area contributed by atoms with E-state index in [4.69, 9.17) is 9.72 Å². The SMILES string of the molecule is Cc1ccc(C)c(OCCCC(C)(C)c2cc(C)c3ccccc3n2)c1. The summed E-state index contributed by atoms with van der Waals surface area (Å²) in [5, 5.41) is 1.24. The van der Waals surface area contributed by atoms with E-state index in [9.17, 15) is 0 Å². The van der Waals surface area contributed by atoms with Crippen molar-refractivity contribution in [2.45, 2.75) is 52.9 Å². The van der Waals surface area contributed by atoms with Crippen molar-refractivity contribution in [2.24, 2.45) is 0 Å². The van der Waals surface area contributed by atoms with Crippen molar-refractivity contribution in [3.8, 4) is 5.75 Å². The Bertz CT molecular complexity index is 911. The number of pyridine rings is 1. The van der Waals surface area contributed by atoms with E-state index >= 15 is 0 Å². The standard InChI is InChI=1S/C24H29NO/c1-17-11-12-18(2)22(15-17)26-14-8-13-24(4,5)23-16-19(3)20-9-6-7-10-21(20)25-23/h6-7,9-12,15-16H,8,13-14H2,1-5H3. The van der Waals surface area contributed by atoms with Crippen LogP contribution in [-0.2, 0) is 5.41 Å². The van der Waals surface area contributed by atoms with Crippen molar-refractivity contribution < 1.29 is 4.74 Å². The van der Waals surface area contributed by atoms with Gasteiger partial charge in [-0.05, 0) is 68.5 Å². The third-order valence-corrected chi connectivity index (χ3v) is 5.16. The Labute approximate surface area is 157 Å². The molecule has 2 nitrogen and oxygen atoms in total. The normalized spacial score (nSPS) is 11.7. The third kappa shape index (κ3) is 4.07. The van der Waals surface area contributed by atoms with E-state index < -0.39 is 0 Å². The van der Waals surface area contributed by atoms with E-state index in [-0.39, 0.29) is 5.41 Å². The van der Waals surface area contributed by atoms with E-state index in [0.29, 0.717) is 0 Å². The van der Waals surface area contributed by atoms with Gasteiger partial charge in [-0.3, -0.25) is 4.98 Å². The highest BCUT2D eigenvalue weighted by atomic mass is 16.5. The quantitative estimate of drug-likeness (QED) is 0.488. The average Bonchev–Trinajstić information content (AvgIpc) is 2.61. The van der Waals surface area contributed by atoms with E-state index in [0.717, 1.165) is 30.7 Å². The molecule has 0 aliphatic carbocycles. The maximum atomic E-state index is 6.02. The van der Waals surface area contributed by atoms with Crippen LogP contribution in [0.25, 0.3) is 10.9 Å². The first-order valence-electron chi connectivity index (χ1n) is 9.44. The van der Waals surface area contributed by atoms with Crippen LogP contribution in [0.2, 0.25) is 0 Å². The number of fused-ring (bicyclic) bond motifs is 1. The molecule has 2 aromatic carbocycles. The zero-order chi connectivity index (χ0) is 18.7. The first-order valence-corrected chi connectivity index (χ1v) is 9.44. The number of hydrogen-bond donors (Lipinski definition) is 0. The first-order chi connectivity index (χ1) is 12.4. The lowest BCUT2D eigenvalue weighted by Crippen LogP contribution is -2.20. The maximum Gasteiger partial charge on any atom is 0.122 e. The molecule has 0 N–H and O–H groups in total. The predicted molar refractivity (Wildman–Crippen MR) is 110 cm³/mol. The van der Waals surface area contributed by atoms with Gasteiger partial charge in [0.1, 0.15) is 5.75 Å². The van der Waals surface area contributed by atoms with Crippen LogP contribution in [0.15, 0.2) is 48.5 Å². The van der Waals surface area contributed by atoms with Crippen molar-refractivity contribution in [2.75, 3.05) is 6.61 Å². The summed E-state index contributed by atoms with van der Waals surface area (Å²) in [6.45, 7) is 11.7. The average molecular weight is 348 g/mol. The van der Waals surface area contributed by atoms with Gasteiger partial charge in [0.2, 0.25) is 0 Å². The number of benzene rings is 2. The van der Waals surface area contributed by atoms with Gasteiger partial charge >= 0.3 is 0 Å². The van der Waals surface area contributed by atoms with Crippen LogP contribution < -0.4 is 4.74 Å². The Balaban J connectivity index is 1.66. The van der Waals surface area contributed by atoms with E-state index in [1.807, 2.05) is 0 Å². The van der Waals surface area contributed by atoms with Crippen molar-refractivity contribution in [1.82, 2.24) is 4.98 Å². The molecule has 0 amide bonds. The van der Waals surface area contributed by atoms with Crippen LogP contribution in [0.3, 0.4) is 0 Å². The fraction of sp³-hybridized carbons (Fsp3) is 0.375. The largest absolute Gasteiger partial charge is 0.493 e. The lowest BCUT2D eigenvalue weighted by molar-refractivity contribution is 0.286. The van der Waals surface area contributed by atoms with Crippen molar-refractivity contribution >= 4 is 10.9 Å². The summed E-state index contributed by atoms with van der Waals surface area (Å²) in [5.41, 5.74) is 6.01. The zero-order valence-electron chi connectivity index (χ0n) is 16.6. The highest BCUT2D eigenvalue weighted by molar-refractivity contribution is 5.82. The number of aromatic nitrogens is 1. The van der Waals surface area contributed by atoms with Crippen LogP contribution >= 0.6 is 0 Å². The summed E-state index contributed by atoms with van der Waals surface area (Å²) in [5.74, 6) is 1.00. The Kier molecular flexibility index (Phi) is 5.31. The molecule has 0 fully saturated rings. The molecule has 1 aromatic heterocycles. The predicted octanol–water partition coefficient (Wildman–Crippen LogP) is 6.30. The lowest BCUT2D eigenvalue weighted by atomic mass is 9.83. The van der Waals surface area contributed by atoms with Crippen molar-refractivity contribution in [3.63, 3.8) is 0 Å². The van der Waals surface area contributed by atoms with Crippen LogP contribution in [0, 0.1) is 20.8 Å². The van der Waals surface area contributed by atoms with E-state index in [1.165, 1.54) is 27.8 Å². The van der Waals surface area contributed by atoms with Crippen LogP contribution in [0.1, 0.15) is 49.1 Å². The first kappa shape index (κ1) is 18.4. The summed E-state index contributed by atoms with van der Waals surface area (Å²) in [7, 11) is 0. The number of para-hydroxylation sites is 1. The highest BCUT2D eigenvalue weighted by Crippen LogP contribution is 2.30. The van der Waals surface area contributed by atoms with Gasteiger partial charge in [-0.25, -0.2) is 0 Å². The summed E-state index contributed by atoms with van der Waals surface area (Å²) < 4.78 is 6.02. The Morgan fingerprint density at radius 1 is 0.923 bits per heavy atom. The minimum atomic E-state index is 0.0276. The minimum Gasteiger partial charge on any atom is -0.493 e. The summed E-state index contributed by atoms with van der Waals surface area (Å²) in [6.07, 6.45) is 2.05. The smallest absolute Gasteiger partial charge is 0.122 e. The molecule has 0 atom stereocenters. The van der Waals surface area contributed by atoms with Gasteiger partial charge in [-0.15, -0.1) is 0 Å². The monoisotopic (exact) mass is 347 g/mol. The highest BCUT2D eigenvalue weighted by Gasteiger charge is 2.23. The molecule has 1 heterocycles. The molecule has 136 valence electrons. The minimum absolute atomic E-state index is 0.0276. The second kappa shape index (κ2) is 7.49. The Hall–Kier alpha value is -2.35. The molecule has 0 unspecified atom stereocenters. The van der Waals surface area contributed by atoms with E-state index in [1.54, 1.807) is 0 Å². The number of rotatable bonds is 6. The second-order valence-electron chi connectivity index (χ2n) is 7.95. The molecular weight excluding hydrogens is 318 g/mol. The molecule has 0 saturated carbocycles. The maximum absolute atomic E-state index is 6.02. The summed E-state index contributed by atoms with van der Waals surface area (Å²) in [6, 6.07) is 17.0. The van der Waals surface area contributed by atoms with Crippen LogP contribution in [0.4, 0.5) is 0 Å². The van der Waals surface area contributed by atoms with Gasteiger partial charge in [0.15, 0.2) is 0 Å². The third-order valence-electron chi connectivity index (χ3n) is 5.16. The molecule has 0 aliphatic rings. The lowest BCUT2D eigenvalue weighted by Gasteiger charge is -2.25. The van der Waals surface area contributed by atoms with Crippen molar-refractivity contribution in [1.29, 1.82) is 0 Å². The Morgan fingerprint density at radius 2 is 1.69 bits per heavy atom. The van der Waals surface area contributed by atoms with Crippen LogP contribution in [0.5, 0.6) is 5.75 Å². The number of hydrogen-bond acceptors (Lipinski definition) is 2. The number of ether oxygens (including phenoxy) is 1. The fourth-order valence-electron chi connectivity index (χ4n) is 3.38. The second-order valence-corrected chi connectivity index (χ2v) is 7.95. The van der Waals surface area contributed by atoms with Gasteiger partial charge in [-0.2, -0.15) is 0 Å². The van der Waals surface area contributed by atoms with Crippen molar-refractivity contribution in [3.05, 3.63) is 70.9 Å². The molecule has 0 bridgehead atoms.